The van der Waals surface area contributed by atoms with Crippen LogP contribution < -0.4 is 10.1 Å². The number of benzene rings is 1. The second kappa shape index (κ2) is 5.70. The van der Waals surface area contributed by atoms with Crippen LogP contribution in [0.5, 0.6) is 5.75 Å². The summed E-state index contributed by atoms with van der Waals surface area (Å²) in [7, 11) is 1.75. The van der Waals surface area contributed by atoms with Gasteiger partial charge in [0.25, 0.3) is 0 Å². The molecule has 1 rings (SSSR count). The first-order chi connectivity index (χ1) is 7.97. The number of nitrogens with one attached hydrogen (secondary N) is 1. The predicted molar refractivity (Wildman–Crippen MR) is 69.1 cm³/mol. The van der Waals surface area contributed by atoms with Crippen LogP contribution in [0, 0.1) is 11.3 Å². The van der Waals surface area contributed by atoms with E-state index in [0.29, 0.717) is 6.61 Å². The maximum Gasteiger partial charge on any atom is 0.129 e. The first-order valence-electron chi connectivity index (χ1n) is 5.77. The van der Waals surface area contributed by atoms with Gasteiger partial charge in [-0.05, 0) is 30.2 Å². The van der Waals surface area contributed by atoms with Crippen molar-refractivity contribution < 1.29 is 4.74 Å². The van der Waals surface area contributed by atoms with E-state index in [1.54, 1.807) is 7.05 Å². The second-order valence-electron chi connectivity index (χ2n) is 5.06. The van der Waals surface area contributed by atoms with Gasteiger partial charge in [-0.3, -0.25) is 0 Å². The van der Waals surface area contributed by atoms with Gasteiger partial charge < -0.3 is 10.1 Å². The first kappa shape index (κ1) is 13.5. The molecular formula is C14H20N2O. The third-order valence-electron chi connectivity index (χ3n) is 2.64. The van der Waals surface area contributed by atoms with Crippen LogP contribution in [-0.4, -0.2) is 19.7 Å². The maximum absolute atomic E-state index is 8.76. The fourth-order valence-corrected chi connectivity index (χ4v) is 1.42. The van der Waals surface area contributed by atoms with Crippen LogP contribution in [0.25, 0.3) is 0 Å². The molecule has 0 aliphatic carbocycles. The monoisotopic (exact) mass is 232 g/mol. The molecule has 0 aliphatic rings. The van der Waals surface area contributed by atoms with Gasteiger partial charge in [-0.2, -0.15) is 5.26 Å². The minimum atomic E-state index is -0.266. The summed E-state index contributed by atoms with van der Waals surface area (Å²) in [4.78, 5) is 0. The highest BCUT2D eigenvalue weighted by molar-refractivity contribution is 5.31. The normalized spacial score (nSPS) is 12.9. The average Bonchev–Trinajstić information content (AvgIpc) is 2.30. The van der Waals surface area contributed by atoms with Gasteiger partial charge in [-0.15, -0.1) is 0 Å². The van der Waals surface area contributed by atoms with Crippen molar-refractivity contribution in [1.29, 1.82) is 5.26 Å². The summed E-state index contributed by atoms with van der Waals surface area (Å²) >= 11 is 0. The number of hydrogen-bond acceptors (Lipinski definition) is 3. The largest absolute Gasteiger partial charge is 0.491 e. The van der Waals surface area contributed by atoms with Crippen molar-refractivity contribution in [2.24, 2.45) is 0 Å². The lowest BCUT2D eigenvalue weighted by Crippen LogP contribution is -2.29. The average molecular weight is 232 g/mol. The zero-order chi connectivity index (χ0) is 12.9. The molecule has 0 fully saturated rings. The molecule has 0 aromatic heterocycles. The van der Waals surface area contributed by atoms with Crippen LogP contribution in [0.1, 0.15) is 26.3 Å². The smallest absolute Gasteiger partial charge is 0.129 e. The van der Waals surface area contributed by atoms with Crippen molar-refractivity contribution in [2.45, 2.75) is 32.2 Å². The number of ether oxygens (including phenoxy) is 1. The van der Waals surface area contributed by atoms with Gasteiger partial charge in [-0.1, -0.05) is 32.9 Å². The van der Waals surface area contributed by atoms with Crippen molar-refractivity contribution >= 4 is 0 Å². The summed E-state index contributed by atoms with van der Waals surface area (Å²) in [6, 6.07) is 9.88. The Bertz CT molecular complexity index is 384. The van der Waals surface area contributed by atoms with E-state index in [1.807, 2.05) is 12.1 Å². The lowest BCUT2D eigenvalue weighted by Gasteiger charge is -2.19. The number of nitrogens with zero attached hydrogens (tertiary/aromatic N) is 1. The Balaban J connectivity index is 2.61. The molecule has 0 amide bonds. The Morgan fingerprint density at radius 3 is 2.29 bits per heavy atom. The zero-order valence-corrected chi connectivity index (χ0v) is 10.9. The second-order valence-corrected chi connectivity index (χ2v) is 5.06. The van der Waals surface area contributed by atoms with Gasteiger partial charge in [0.1, 0.15) is 18.4 Å². The number of nitriles is 1. The Kier molecular flexibility index (Phi) is 4.53. The van der Waals surface area contributed by atoms with Gasteiger partial charge in [0, 0.05) is 0 Å². The summed E-state index contributed by atoms with van der Waals surface area (Å²) in [6.45, 7) is 6.89. The van der Waals surface area contributed by atoms with E-state index >= 15 is 0 Å². The molecule has 1 aromatic carbocycles. The van der Waals surface area contributed by atoms with E-state index in [0.717, 1.165) is 5.75 Å². The lowest BCUT2D eigenvalue weighted by atomic mass is 9.87. The minimum absolute atomic E-state index is 0.151. The fourth-order valence-electron chi connectivity index (χ4n) is 1.42. The van der Waals surface area contributed by atoms with Crippen LogP contribution >= 0.6 is 0 Å². The van der Waals surface area contributed by atoms with E-state index in [4.69, 9.17) is 10.00 Å². The van der Waals surface area contributed by atoms with E-state index < -0.39 is 0 Å². The summed E-state index contributed by atoms with van der Waals surface area (Å²) in [5, 5.41) is 11.6. The Labute approximate surface area is 103 Å². The quantitative estimate of drug-likeness (QED) is 0.867. The molecule has 1 N–H and O–H groups in total. The van der Waals surface area contributed by atoms with Crippen molar-refractivity contribution in [3.63, 3.8) is 0 Å². The molecule has 1 unspecified atom stereocenters. The molecule has 0 aliphatic heterocycles. The number of likely N-dealkylation sites (N-methyl/N-ethyl adjacent to an activating group) is 1. The molecule has 1 atom stereocenters. The van der Waals surface area contributed by atoms with Crippen LogP contribution in [0.3, 0.4) is 0 Å². The molecule has 0 radical (unpaired) electrons. The van der Waals surface area contributed by atoms with Gasteiger partial charge in [0.05, 0.1) is 6.07 Å². The maximum atomic E-state index is 8.76. The Morgan fingerprint density at radius 2 is 1.88 bits per heavy atom. The Hall–Kier alpha value is -1.53. The lowest BCUT2D eigenvalue weighted by molar-refractivity contribution is 0.295. The Morgan fingerprint density at radius 1 is 1.29 bits per heavy atom. The number of hydrogen-bond donors (Lipinski definition) is 1. The van der Waals surface area contributed by atoms with E-state index in [9.17, 15) is 0 Å². The minimum Gasteiger partial charge on any atom is -0.491 e. The number of rotatable bonds is 4. The highest BCUT2D eigenvalue weighted by Crippen LogP contribution is 2.24. The van der Waals surface area contributed by atoms with Crippen LogP contribution in [0.2, 0.25) is 0 Å². The summed E-state index contributed by atoms with van der Waals surface area (Å²) < 4.78 is 5.53. The molecule has 0 saturated carbocycles. The van der Waals surface area contributed by atoms with Gasteiger partial charge in [0.15, 0.2) is 0 Å². The van der Waals surface area contributed by atoms with Crippen molar-refractivity contribution in [1.82, 2.24) is 5.32 Å². The summed E-state index contributed by atoms with van der Waals surface area (Å²) in [6.07, 6.45) is 0. The van der Waals surface area contributed by atoms with Gasteiger partial charge >= 0.3 is 0 Å². The zero-order valence-electron chi connectivity index (χ0n) is 10.9. The summed E-state index contributed by atoms with van der Waals surface area (Å²) in [5.74, 6) is 0.800. The molecular weight excluding hydrogens is 212 g/mol. The molecule has 3 nitrogen and oxygen atoms in total. The molecule has 0 bridgehead atoms. The SMILES string of the molecule is CNC(C#N)COc1ccc(C(C)(C)C)cc1. The fraction of sp³-hybridized carbons (Fsp3) is 0.500. The first-order valence-corrected chi connectivity index (χ1v) is 5.77. The molecule has 1 aromatic rings. The van der Waals surface area contributed by atoms with Crippen molar-refractivity contribution in [2.75, 3.05) is 13.7 Å². The molecule has 92 valence electrons. The van der Waals surface area contributed by atoms with E-state index in [-0.39, 0.29) is 11.5 Å². The topological polar surface area (TPSA) is 45.0 Å². The van der Waals surface area contributed by atoms with Crippen molar-refractivity contribution in [3.8, 4) is 11.8 Å². The standard InChI is InChI=1S/C14H20N2O/c1-14(2,3)11-5-7-13(8-6-11)17-10-12(9-15)16-4/h5-8,12,16H,10H2,1-4H3. The molecule has 0 saturated heterocycles. The molecule has 3 heteroatoms. The molecule has 0 heterocycles. The van der Waals surface area contributed by atoms with E-state index in [1.165, 1.54) is 5.56 Å². The summed E-state index contributed by atoms with van der Waals surface area (Å²) in [5.41, 5.74) is 1.42. The van der Waals surface area contributed by atoms with Crippen LogP contribution in [0.4, 0.5) is 0 Å². The third kappa shape index (κ3) is 4.08. The predicted octanol–water partition coefficient (Wildman–Crippen LogP) is 2.47. The highest BCUT2D eigenvalue weighted by Gasteiger charge is 2.13. The van der Waals surface area contributed by atoms with Crippen molar-refractivity contribution in [3.05, 3.63) is 29.8 Å². The van der Waals surface area contributed by atoms with Gasteiger partial charge in [0.2, 0.25) is 0 Å². The highest BCUT2D eigenvalue weighted by atomic mass is 16.5. The molecule has 17 heavy (non-hydrogen) atoms. The van der Waals surface area contributed by atoms with Gasteiger partial charge in [-0.25, -0.2) is 0 Å². The van der Waals surface area contributed by atoms with Crippen LogP contribution in [0.15, 0.2) is 24.3 Å². The van der Waals surface area contributed by atoms with E-state index in [2.05, 4.69) is 44.3 Å². The molecule has 0 spiro atoms. The van der Waals surface area contributed by atoms with Crippen LogP contribution in [-0.2, 0) is 5.41 Å². The third-order valence-corrected chi connectivity index (χ3v) is 2.64.